The standard InChI is InChI=1S/C21H28N2O3S/c1-17-14-21(18(2)26-17)16-23-11-8-20(9-12-23)15-22-27(24,25)13-10-19-6-4-3-5-7-19/h3-7,10,13-14,20,22H,8-9,11-12,15-16H2,1-2H3/b13-10+. The van der Waals surface area contributed by atoms with Crippen LogP contribution < -0.4 is 4.72 Å². The normalized spacial score (nSPS) is 17.0. The summed E-state index contributed by atoms with van der Waals surface area (Å²) in [4.78, 5) is 2.41. The van der Waals surface area contributed by atoms with E-state index < -0.39 is 10.0 Å². The largest absolute Gasteiger partial charge is 0.466 e. The molecule has 146 valence electrons. The van der Waals surface area contributed by atoms with E-state index in [0.717, 1.165) is 49.6 Å². The van der Waals surface area contributed by atoms with Gasteiger partial charge in [-0.25, -0.2) is 13.1 Å². The molecule has 1 saturated heterocycles. The van der Waals surface area contributed by atoms with E-state index in [9.17, 15) is 8.42 Å². The zero-order valence-corrected chi connectivity index (χ0v) is 16.8. The van der Waals surface area contributed by atoms with E-state index in [1.807, 2.05) is 44.2 Å². The lowest BCUT2D eigenvalue weighted by atomic mass is 9.97. The van der Waals surface area contributed by atoms with Gasteiger partial charge in [-0.3, -0.25) is 4.90 Å². The maximum absolute atomic E-state index is 12.2. The van der Waals surface area contributed by atoms with Gasteiger partial charge in [-0.05, 0) is 63.4 Å². The van der Waals surface area contributed by atoms with Crippen LogP contribution in [0, 0.1) is 19.8 Å². The smallest absolute Gasteiger partial charge is 0.233 e. The molecule has 0 unspecified atom stereocenters. The van der Waals surface area contributed by atoms with Crippen molar-refractivity contribution in [1.29, 1.82) is 0 Å². The van der Waals surface area contributed by atoms with Crippen molar-refractivity contribution >= 4 is 16.1 Å². The van der Waals surface area contributed by atoms with Crippen LogP contribution in [0.25, 0.3) is 6.08 Å². The van der Waals surface area contributed by atoms with E-state index in [4.69, 9.17) is 4.42 Å². The van der Waals surface area contributed by atoms with Gasteiger partial charge in [0, 0.05) is 24.1 Å². The van der Waals surface area contributed by atoms with Crippen molar-refractivity contribution in [3.8, 4) is 0 Å². The summed E-state index contributed by atoms with van der Waals surface area (Å²) in [5.74, 6) is 2.33. The summed E-state index contributed by atoms with van der Waals surface area (Å²) in [5, 5.41) is 1.25. The first-order valence-corrected chi connectivity index (χ1v) is 11.0. The minimum Gasteiger partial charge on any atom is -0.466 e. The Labute approximate surface area is 162 Å². The third-order valence-corrected chi connectivity index (χ3v) is 6.12. The molecule has 1 aliphatic rings. The van der Waals surface area contributed by atoms with E-state index in [1.54, 1.807) is 6.08 Å². The molecule has 0 bridgehead atoms. The molecule has 2 heterocycles. The van der Waals surface area contributed by atoms with Gasteiger partial charge >= 0.3 is 0 Å². The van der Waals surface area contributed by atoms with Crippen LogP contribution in [0.5, 0.6) is 0 Å². The summed E-state index contributed by atoms with van der Waals surface area (Å²) in [7, 11) is -3.40. The lowest BCUT2D eigenvalue weighted by Crippen LogP contribution is -2.38. The zero-order chi connectivity index (χ0) is 19.3. The van der Waals surface area contributed by atoms with Gasteiger partial charge in [-0.2, -0.15) is 0 Å². The highest BCUT2D eigenvalue weighted by atomic mass is 32.2. The first-order valence-electron chi connectivity index (χ1n) is 9.42. The van der Waals surface area contributed by atoms with Crippen molar-refractivity contribution in [1.82, 2.24) is 9.62 Å². The third-order valence-electron chi connectivity index (χ3n) is 5.06. The van der Waals surface area contributed by atoms with Crippen LogP contribution in [-0.2, 0) is 16.6 Å². The van der Waals surface area contributed by atoms with Crippen LogP contribution in [0.3, 0.4) is 0 Å². The molecule has 0 atom stereocenters. The summed E-state index contributed by atoms with van der Waals surface area (Å²) in [6.07, 6.45) is 3.63. The van der Waals surface area contributed by atoms with Gasteiger partial charge in [0.25, 0.3) is 0 Å². The Morgan fingerprint density at radius 3 is 2.52 bits per heavy atom. The molecule has 3 rings (SSSR count). The third kappa shape index (κ3) is 6.06. The van der Waals surface area contributed by atoms with Crippen molar-refractivity contribution in [3.63, 3.8) is 0 Å². The number of sulfonamides is 1. The number of benzene rings is 1. The number of piperidine rings is 1. The van der Waals surface area contributed by atoms with Crippen LogP contribution in [0.1, 0.15) is 35.5 Å². The molecule has 1 N–H and O–H groups in total. The summed E-state index contributed by atoms with van der Waals surface area (Å²) >= 11 is 0. The maximum Gasteiger partial charge on any atom is 0.233 e. The quantitative estimate of drug-likeness (QED) is 0.786. The zero-order valence-electron chi connectivity index (χ0n) is 16.0. The first-order chi connectivity index (χ1) is 12.9. The SMILES string of the molecule is Cc1cc(CN2CCC(CNS(=O)(=O)/C=C/c3ccccc3)CC2)c(C)o1. The van der Waals surface area contributed by atoms with Crippen molar-refractivity contribution < 1.29 is 12.8 Å². The van der Waals surface area contributed by atoms with E-state index in [1.165, 1.54) is 11.0 Å². The van der Waals surface area contributed by atoms with Crippen molar-refractivity contribution in [2.75, 3.05) is 19.6 Å². The first kappa shape index (κ1) is 19.9. The predicted octanol–water partition coefficient (Wildman–Crippen LogP) is 3.70. The number of rotatable bonds is 7. The van der Waals surface area contributed by atoms with Gasteiger partial charge in [-0.1, -0.05) is 30.3 Å². The average Bonchev–Trinajstić information content (AvgIpc) is 2.97. The Bertz CT molecular complexity index is 864. The number of likely N-dealkylation sites (tertiary alicyclic amines) is 1. The van der Waals surface area contributed by atoms with Crippen LogP contribution in [-0.4, -0.2) is 33.0 Å². The highest BCUT2D eigenvalue weighted by Gasteiger charge is 2.21. The second-order valence-electron chi connectivity index (χ2n) is 7.26. The van der Waals surface area contributed by atoms with Crippen molar-refractivity contribution in [2.24, 2.45) is 5.92 Å². The summed E-state index contributed by atoms with van der Waals surface area (Å²) in [6.45, 7) is 7.35. The Kier molecular flexibility index (Phi) is 6.52. The van der Waals surface area contributed by atoms with E-state index in [2.05, 4.69) is 15.7 Å². The van der Waals surface area contributed by atoms with Crippen LogP contribution in [0.15, 0.2) is 46.2 Å². The highest BCUT2D eigenvalue weighted by Crippen LogP contribution is 2.21. The molecule has 5 nitrogen and oxygen atoms in total. The fraction of sp³-hybridized carbons (Fsp3) is 0.429. The molecule has 0 spiro atoms. The summed E-state index contributed by atoms with van der Waals surface area (Å²) in [6, 6.07) is 11.6. The molecule has 1 aromatic carbocycles. The number of aryl methyl sites for hydroxylation is 2. The van der Waals surface area contributed by atoms with Gasteiger partial charge in [0.05, 0.1) is 0 Å². The number of hydrogen-bond donors (Lipinski definition) is 1. The lowest BCUT2D eigenvalue weighted by Gasteiger charge is -2.31. The van der Waals surface area contributed by atoms with Gasteiger partial charge in [0.1, 0.15) is 11.5 Å². The molecule has 6 heteroatoms. The van der Waals surface area contributed by atoms with E-state index in [0.29, 0.717) is 12.5 Å². The Balaban J connectivity index is 1.43. The van der Waals surface area contributed by atoms with Crippen molar-refractivity contribution in [2.45, 2.75) is 33.2 Å². The van der Waals surface area contributed by atoms with Gasteiger partial charge in [-0.15, -0.1) is 0 Å². The number of nitrogens with zero attached hydrogens (tertiary/aromatic N) is 1. The van der Waals surface area contributed by atoms with Crippen LogP contribution in [0.4, 0.5) is 0 Å². The minimum atomic E-state index is -3.40. The number of hydrogen-bond acceptors (Lipinski definition) is 4. The molecule has 1 fully saturated rings. The maximum atomic E-state index is 12.2. The van der Waals surface area contributed by atoms with Gasteiger partial charge < -0.3 is 4.42 Å². The topological polar surface area (TPSA) is 62.6 Å². The van der Waals surface area contributed by atoms with E-state index >= 15 is 0 Å². The second-order valence-corrected chi connectivity index (χ2v) is 8.92. The molecule has 0 aliphatic carbocycles. The number of furan rings is 1. The lowest BCUT2D eigenvalue weighted by molar-refractivity contribution is 0.178. The van der Waals surface area contributed by atoms with Gasteiger partial charge in [0.15, 0.2) is 0 Å². The van der Waals surface area contributed by atoms with Gasteiger partial charge in [0.2, 0.25) is 10.0 Å². The molecule has 1 aliphatic heterocycles. The number of nitrogens with one attached hydrogen (secondary N) is 1. The van der Waals surface area contributed by atoms with Crippen LogP contribution >= 0.6 is 0 Å². The molecular formula is C21H28N2O3S. The fourth-order valence-corrected chi connectivity index (χ4v) is 4.34. The second kappa shape index (κ2) is 8.87. The highest BCUT2D eigenvalue weighted by molar-refractivity contribution is 7.92. The van der Waals surface area contributed by atoms with Crippen molar-refractivity contribution in [3.05, 3.63) is 64.5 Å². The Hall–Kier alpha value is -1.89. The molecule has 2 aromatic rings. The molecule has 0 amide bonds. The van der Waals surface area contributed by atoms with Crippen LogP contribution in [0.2, 0.25) is 0 Å². The van der Waals surface area contributed by atoms with E-state index in [-0.39, 0.29) is 0 Å². The Morgan fingerprint density at radius 1 is 1.19 bits per heavy atom. The average molecular weight is 389 g/mol. The molecular weight excluding hydrogens is 360 g/mol. The molecule has 0 saturated carbocycles. The summed E-state index contributed by atoms with van der Waals surface area (Å²) in [5.41, 5.74) is 2.12. The molecule has 1 aromatic heterocycles. The predicted molar refractivity (Wildman–Crippen MR) is 109 cm³/mol. The monoisotopic (exact) mass is 388 g/mol. The fourth-order valence-electron chi connectivity index (χ4n) is 3.44. The minimum absolute atomic E-state index is 0.383. The molecule has 0 radical (unpaired) electrons. The Morgan fingerprint density at radius 2 is 1.89 bits per heavy atom. The summed E-state index contributed by atoms with van der Waals surface area (Å²) < 4.78 is 32.7. The molecule has 27 heavy (non-hydrogen) atoms.